The van der Waals surface area contributed by atoms with E-state index in [2.05, 4.69) is 27.3 Å². The molecular weight excluding hydrogens is 509 g/mol. The Balaban J connectivity index is 1.78. The molecule has 3 aromatic carbocycles. The second-order valence-electron chi connectivity index (χ2n) is 6.84. The van der Waals surface area contributed by atoms with E-state index in [4.69, 9.17) is 9.47 Å². The third-order valence-electron chi connectivity index (χ3n) is 4.58. The Labute approximate surface area is 202 Å². The molecule has 0 saturated heterocycles. The van der Waals surface area contributed by atoms with Crippen LogP contribution in [0, 0.1) is 27.3 Å². The molecule has 0 bridgehead atoms. The van der Waals surface area contributed by atoms with Crippen LogP contribution in [0.2, 0.25) is 0 Å². The van der Waals surface area contributed by atoms with Gasteiger partial charge in [0.25, 0.3) is 11.6 Å². The van der Waals surface area contributed by atoms with E-state index in [1.807, 2.05) is 0 Å². The molecule has 0 atom stereocenters. The first-order valence-electron chi connectivity index (χ1n) is 9.73. The molecule has 1 amide bonds. The number of benzene rings is 3. The number of rotatable bonds is 8. The first-order valence-corrected chi connectivity index (χ1v) is 10.5. The van der Waals surface area contributed by atoms with E-state index < -0.39 is 16.6 Å². The highest BCUT2D eigenvalue weighted by atomic mass is 79.9. The molecule has 0 fully saturated rings. The summed E-state index contributed by atoms with van der Waals surface area (Å²) >= 11 is 3.42. The van der Waals surface area contributed by atoms with Crippen LogP contribution in [0.4, 0.5) is 15.8 Å². The quantitative estimate of drug-likeness (QED) is 0.177. The number of methoxy groups -OCH3 is 1. The van der Waals surface area contributed by atoms with Crippen molar-refractivity contribution in [1.82, 2.24) is 0 Å². The Morgan fingerprint density at radius 1 is 1.18 bits per heavy atom. The van der Waals surface area contributed by atoms with Gasteiger partial charge in [-0.3, -0.25) is 14.9 Å². The molecule has 0 aliphatic rings. The van der Waals surface area contributed by atoms with Crippen molar-refractivity contribution in [2.24, 2.45) is 0 Å². The number of nitrogens with one attached hydrogen (secondary N) is 1. The van der Waals surface area contributed by atoms with Crippen molar-refractivity contribution in [3.63, 3.8) is 0 Å². The minimum Gasteiger partial charge on any atom is -0.493 e. The summed E-state index contributed by atoms with van der Waals surface area (Å²) in [6, 6.07) is 16.3. The number of hydrogen-bond acceptors (Lipinski definition) is 6. The van der Waals surface area contributed by atoms with E-state index in [9.17, 15) is 24.6 Å². The molecule has 0 spiro atoms. The van der Waals surface area contributed by atoms with Gasteiger partial charge < -0.3 is 14.8 Å². The van der Waals surface area contributed by atoms with Gasteiger partial charge in [0.15, 0.2) is 18.1 Å². The van der Waals surface area contributed by atoms with Crippen LogP contribution in [0.25, 0.3) is 11.6 Å². The van der Waals surface area contributed by atoms with Crippen LogP contribution in [-0.2, 0) is 4.79 Å². The normalized spacial score (nSPS) is 10.8. The maximum atomic E-state index is 13.0. The van der Waals surface area contributed by atoms with Crippen molar-refractivity contribution >= 4 is 44.9 Å². The Kier molecular flexibility index (Phi) is 7.95. The van der Waals surface area contributed by atoms with Crippen molar-refractivity contribution in [3.05, 3.63) is 92.2 Å². The number of amides is 1. The van der Waals surface area contributed by atoms with Crippen LogP contribution >= 0.6 is 15.9 Å². The average Bonchev–Trinajstić information content (AvgIpc) is 2.83. The highest BCUT2D eigenvalue weighted by molar-refractivity contribution is 9.10. The van der Waals surface area contributed by atoms with Crippen LogP contribution in [0.1, 0.15) is 11.1 Å². The summed E-state index contributed by atoms with van der Waals surface area (Å²) in [5.74, 6) is -0.246. The zero-order valence-corrected chi connectivity index (χ0v) is 19.3. The number of nitrogens with zero attached hydrogens (tertiary/aromatic N) is 2. The average molecular weight is 526 g/mol. The van der Waals surface area contributed by atoms with Crippen LogP contribution in [0.3, 0.4) is 0 Å². The van der Waals surface area contributed by atoms with E-state index in [0.29, 0.717) is 27.0 Å². The lowest BCUT2D eigenvalue weighted by Crippen LogP contribution is -2.20. The van der Waals surface area contributed by atoms with Gasteiger partial charge >= 0.3 is 0 Å². The van der Waals surface area contributed by atoms with Gasteiger partial charge in [-0.05, 0) is 65.7 Å². The van der Waals surface area contributed by atoms with Gasteiger partial charge in [-0.15, -0.1) is 0 Å². The van der Waals surface area contributed by atoms with Crippen molar-refractivity contribution in [2.75, 3.05) is 19.0 Å². The summed E-state index contributed by atoms with van der Waals surface area (Å²) in [6.45, 7) is -0.318. The zero-order chi connectivity index (χ0) is 24.7. The van der Waals surface area contributed by atoms with Crippen molar-refractivity contribution < 1.29 is 23.6 Å². The van der Waals surface area contributed by atoms with Crippen molar-refractivity contribution in [1.29, 1.82) is 5.26 Å². The standard InChI is InChI=1S/C24H17BrFN3O5/c1-33-22-11-16(10-17(13-27)15-2-8-20(9-3-15)29(31)32)21(25)12-23(22)34-14-24(30)28-19-6-4-18(26)5-7-19/h2-12H,14H2,1H3,(H,28,30)/b17-10-. The molecule has 0 unspecified atom stereocenters. The zero-order valence-electron chi connectivity index (χ0n) is 17.7. The Morgan fingerprint density at radius 3 is 2.44 bits per heavy atom. The Hall–Kier alpha value is -4.23. The maximum Gasteiger partial charge on any atom is 0.269 e. The third-order valence-corrected chi connectivity index (χ3v) is 5.27. The number of nitro groups is 1. The Morgan fingerprint density at radius 2 is 1.85 bits per heavy atom. The minimum absolute atomic E-state index is 0.0751. The van der Waals surface area contributed by atoms with Crippen LogP contribution < -0.4 is 14.8 Å². The highest BCUT2D eigenvalue weighted by Crippen LogP contribution is 2.35. The molecule has 0 aliphatic heterocycles. The summed E-state index contributed by atoms with van der Waals surface area (Å²) < 4.78 is 24.5. The Bertz CT molecular complexity index is 1290. The molecule has 0 radical (unpaired) electrons. The van der Waals surface area contributed by atoms with Crippen LogP contribution in [0.5, 0.6) is 11.5 Å². The second kappa shape index (κ2) is 11.1. The number of ether oxygens (including phenoxy) is 2. The number of allylic oxidation sites excluding steroid dienone is 1. The molecule has 8 nitrogen and oxygen atoms in total. The summed E-state index contributed by atoms with van der Waals surface area (Å²) in [4.78, 5) is 22.5. The summed E-state index contributed by atoms with van der Waals surface area (Å²) in [6.07, 6.45) is 1.60. The molecule has 1 N–H and O–H groups in total. The maximum absolute atomic E-state index is 13.0. The number of hydrogen-bond donors (Lipinski definition) is 1. The molecule has 34 heavy (non-hydrogen) atoms. The summed E-state index contributed by atoms with van der Waals surface area (Å²) in [7, 11) is 1.43. The smallest absolute Gasteiger partial charge is 0.269 e. The molecule has 0 aliphatic carbocycles. The number of anilines is 1. The van der Waals surface area contributed by atoms with Gasteiger partial charge in [0, 0.05) is 22.3 Å². The fraction of sp³-hybridized carbons (Fsp3) is 0.0833. The third kappa shape index (κ3) is 6.17. The number of halogens is 2. The van der Waals surface area contributed by atoms with Crippen LogP contribution in [-0.4, -0.2) is 24.5 Å². The molecular formula is C24H17BrFN3O5. The van der Waals surface area contributed by atoms with Gasteiger partial charge in [-0.25, -0.2) is 4.39 Å². The van der Waals surface area contributed by atoms with E-state index >= 15 is 0 Å². The SMILES string of the molecule is COc1cc(/C=C(/C#N)c2ccc([N+](=O)[O-])cc2)c(Br)cc1OCC(=O)Nc1ccc(F)cc1. The predicted molar refractivity (Wildman–Crippen MR) is 128 cm³/mol. The second-order valence-corrected chi connectivity index (χ2v) is 7.70. The number of carbonyl (C=O) groups excluding carboxylic acids is 1. The first kappa shape index (κ1) is 24.4. The van der Waals surface area contributed by atoms with Crippen molar-refractivity contribution in [2.45, 2.75) is 0 Å². The number of nitro benzene ring substituents is 1. The van der Waals surface area contributed by atoms with Gasteiger partial charge in [-0.1, -0.05) is 15.9 Å². The van der Waals surface area contributed by atoms with Gasteiger partial charge in [0.2, 0.25) is 0 Å². The first-order chi connectivity index (χ1) is 16.3. The summed E-state index contributed by atoms with van der Waals surface area (Å²) in [5, 5.41) is 23.0. The van der Waals surface area contributed by atoms with Crippen LogP contribution in [0.15, 0.2) is 65.1 Å². The fourth-order valence-electron chi connectivity index (χ4n) is 2.91. The van der Waals surface area contributed by atoms with E-state index in [0.717, 1.165) is 0 Å². The van der Waals surface area contributed by atoms with Gasteiger partial charge in [0.05, 0.1) is 23.7 Å². The van der Waals surface area contributed by atoms with E-state index in [1.54, 1.807) is 18.2 Å². The predicted octanol–water partition coefficient (Wildman–Crippen LogP) is 5.59. The fourth-order valence-corrected chi connectivity index (χ4v) is 3.34. The molecule has 172 valence electrons. The molecule has 3 aromatic rings. The largest absolute Gasteiger partial charge is 0.493 e. The van der Waals surface area contributed by atoms with Gasteiger partial charge in [-0.2, -0.15) is 5.26 Å². The summed E-state index contributed by atoms with van der Waals surface area (Å²) in [5.41, 5.74) is 1.74. The van der Waals surface area contributed by atoms with E-state index in [-0.39, 0.29) is 23.6 Å². The molecule has 0 aromatic heterocycles. The lowest BCUT2D eigenvalue weighted by Gasteiger charge is -2.13. The number of carbonyl (C=O) groups is 1. The molecule has 10 heteroatoms. The molecule has 0 heterocycles. The number of nitriles is 1. The van der Waals surface area contributed by atoms with E-state index in [1.165, 1.54) is 55.6 Å². The minimum atomic E-state index is -0.514. The monoisotopic (exact) mass is 525 g/mol. The lowest BCUT2D eigenvalue weighted by molar-refractivity contribution is -0.384. The topological polar surface area (TPSA) is 114 Å². The highest BCUT2D eigenvalue weighted by Gasteiger charge is 2.13. The molecule has 0 saturated carbocycles. The molecule has 3 rings (SSSR count). The van der Waals surface area contributed by atoms with Crippen molar-refractivity contribution in [3.8, 4) is 17.6 Å². The lowest BCUT2D eigenvalue weighted by atomic mass is 10.0. The number of non-ortho nitro benzene ring substituents is 1. The van der Waals surface area contributed by atoms with Gasteiger partial charge in [0.1, 0.15) is 5.82 Å².